The average molecular weight is 200 g/mol. The van der Waals surface area contributed by atoms with Crippen LogP contribution in [-0.2, 0) is 4.52 Å². The Morgan fingerprint density at radius 2 is 1.85 bits per heavy atom. The SMILES string of the molecule is C=CO[PH](O)(O)c1ccc(C)cc1. The summed E-state index contributed by atoms with van der Waals surface area (Å²) >= 11 is 0. The van der Waals surface area contributed by atoms with Gasteiger partial charge in [0.25, 0.3) is 0 Å². The third-order valence-electron chi connectivity index (χ3n) is 1.68. The van der Waals surface area contributed by atoms with Gasteiger partial charge in [-0.05, 0) is 0 Å². The first-order chi connectivity index (χ1) is 6.06. The Labute approximate surface area is 77.9 Å². The maximum atomic E-state index is 9.48. The van der Waals surface area contributed by atoms with E-state index >= 15 is 0 Å². The van der Waals surface area contributed by atoms with E-state index in [0.717, 1.165) is 11.8 Å². The first kappa shape index (κ1) is 10.2. The molecular weight excluding hydrogens is 187 g/mol. The molecular formula is C9H13O3P. The Kier molecular flexibility index (Phi) is 3.04. The Morgan fingerprint density at radius 1 is 1.31 bits per heavy atom. The van der Waals surface area contributed by atoms with Gasteiger partial charge in [-0.15, -0.1) is 0 Å². The molecule has 3 nitrogen and oxygen atoms in total. The van der Waals surface area contributed by atoms with E-state index in [0.29, 0.717) is 5.30 Å². The van der Waals surface area contributed by atoms with E-state index in [2.05, 4.69) is 11.1 Å². The van der Waals surface area contributed by atoms with Crippen LogP contribution < -0.4 is 5.30 Å². The molecule has 0 aliphatic rings. The summed E-state index contributed by atoms with van der Waals surface area (Å²) in [5.74, 6) is 0. The number of hydrogen-bond donors (Lipinski definition) is 2. The van der Waals surface area contributed by atoms with Gasteiger partial charge in [0.15, 0.2) is 0 Å². The molecule has 0 aliphatic carbocycles. The molecule has 0 heterocycles. The third-order valence-corrected chi connectivity index (χ3v) is 3.26. The fourth-order valence-electron chi connectivity index (χ4n) is 0.955. The van der Waals surface area contributed by atoms with Gasteiger partial charge >= 0.3 is 77.2 Å². The molecule has 4 heteroatoms. The zero-order valence-electron chi connectivity index (χ0n) is 7.40. The van der Waals surface area contributed by atoms with Crippen molar-refractivity contribution in [1.29, 1.82) is 0 Å². The van der Waals surface area contributed by atoms with Crippen LogP contribution in [0.4, 0.5) is 0 Å². The molecule has 0 atom stereocenters. The van der Waals surface area contributed by atoms with Gasteiger partial charge in [0, 0.05) is 0 Å². The van der Waals surface area contributed by atoms with Gasteiger partial charge in [-0.1, -0.05) is 0 Å². The van der Waals surface area contributed by atoms with Crippen molar-refractivity contribution in [3.63, 3.8) is 0 Å². The molecule has 0 bridgehead atoms. The fraction of sp³-hybridized carbons (Fsp3) is 0.111. The van der Waals surface area contributed by atoms with Gasteiger partial charge in [0.2, 0.25) is 0 Å². The van der Waals surface area contributed by atoms with Crippen molar-refractivity contribution in [3.05, 3.63) is 42.7 Å². The standard InChI is InChI=1S/C9H13O3P/c1-3-12-13(10,11)9-6-4-8(2)5-7-9/h3-7,10-11,13H,1H2,2H3. The van der Waals surface area contributed by atoms with Gasteiger partial charge in [0.1, 0.15) is 0 Å². The molecule has 0 amide bonds. The van der Waals surface area contributed by atoms with Crippen LogP contribution in [0, 0.1) is 6.92 Å². The number of aryl methyl sites for hydroxylation is 1. The van der Waals surface area contributed by atoms with Crippen molar-refractivity contribution >= 4 is 13.2 Å². The van der Waals surface area contributed by atoms with Crippen LogP contribution in [0.25, 0.3) is 0 Å². The molecule has 0 saturated heterocycles. The predicted octanol–water partition coefficient (Wildman–Crippen LogP) is 1.26. The van der Waals surface area contributed by atoms with E-state index in [-0.39, 0.29) is 0 Å². The number of rotatable bonds is 3. The van der Waals surface area contributed by atoms with Crippen LogP contribution in [0.2, 0.25) is 0 Å². The minimum atomic E-state index is -3.72. The van der Waals surface area contributed by atoms with E-state index in [1.165, 1.54) is 0 Å². The minimum absolute atomic E-state index is 0.415. The van der Waals surface area contributed by atoms with Crippen LogP contribution in [0.1, 0.15) is 5.56 Å². The zero-order chi connectivity index (χ0) is 9.90. The summed E-state index contributed by atoms with van der Waals surface area (Å²) in [7, 11) is -3.72. The maximum absolute atomic E-state index is 9.48. The van der Waals surface area contributed by atoms with Gasteiger partial charge in [-0.3, -0.25) is 0 Å². The van der Waals surface area contributed by atoms with E-state index in [4.69, 9.17) is 0 Å². The molecule has 0 radical (unpaired) electrons. The molecule has 1 aromatic carbocycles. The summed E-state index contributed by atoms with van der Waals surface area (Å²) in [4.78, 5) is 19.0. The van der Waals surface area contributed by atoms with E-state index < -0.39 is 7.94 Å². The summed E-state index contributed by atoms with van der Waals surface area (Å²) in [5, 5.41) is 0.415. The second-order valence-electron chi connectivity index (χ2n) is 2.76. The monoisotopic (exact) mass is 200 g/mol. The molecule has 0 aliphatic heterocycles. The Balaban J connectivity index is 2.93. The van der Waals surface area contributed by atoms with Crippen molar-refractivity contribution < 1.29 is 14.3 Å². The van der Waals surface area contributed by atoms with Gasteiger partial charge < -0.3 is 0 Å². The molecule has 72 valence electrons. The van der Waals surface area contributed by atoms with Crippen LogP contribution in [0.5, 0.6) is 0 Å². The van der Waals surface area contributed by atoms with Crippen LogP contribution in [0.3, 0.4) is 0 Å². The molecule has 0 unspecified atom stereocenters. The summed E-state index contributed by atoms with van der Waals surface area (Å²) < 4.78 is 4.67. The van der Waals surface area contributed by atoms with Crippen molar-refractivity contribution in [3.8, 4) is 0 Å². The average Bonchev–Trinajstić information content (AvgIpc) is 2.05. The topological polar surface area (TPSA) is 49.7 Å². The van der Waals surface area contributed by atoms with E-state index in [1.807, 2.05) is 6.92 Å². The Morgan fingerprint density at radius 3 is 2.31 bits per heavy atom. The van der Waals surface area contributed by atoms with Gasteiger partial charge in [0.05, 0.1) is 0 Å². The number of hydrogen-bond acceptors (Lipinski definition) is 3. The van der Waals surface area contributed by atoms with Crippen molar-refractivity contribution in [2.24, 2.45) is 0 Å². The van der Waals surface area contributed by atoms with E-state index in [9.17, 15) is 9.79 Å². The zero-order valence-corrected chi connectivity index (χ0v) is 8.40. The van der Waals surface area contributed by atoms with Crippen LogP contribution in [0.15, 0.2) is 37.1 Å². The molecule has 1 rings (SSSR count). The second-order valence-corrected chi connectivity index (χ2v) is 4.79. The molecule has 0 spiro atoms. The molecule has 0 saturated carbocycles. The van der Waals surface area contributed by atoms with E-state index in [1.54, 1.807) is 24.3 Å². The Hall–Kier alpha value is -0.890. The molecule has 0 aromatic heterocycles. The van der Waals surface area contributed by atoms with Crippen molar-refractivity contribution in [1.82, 2.24) is 0 Å². The van der Waals surface area contributed by atoms with Crippen LogP contribution >= 0.6 is 7.94 Å². The quantitative estimate of drug-likeness (QED) is 0.570. The molecule has 13 heavy (non-hydrogen) atoms. The van der Waals surface area contributed by atoms with Crippen molar-refractivity contribution in [2.45, 2.75) is 6.92 Å². The van der Waals surface area contributed by atoms with Crippen LogP contribution in [-0.4, -0.2) is 9.79 Å². The first-order valence-electron chi connectivity index (χ1n) is 3.87. The molecule has 1 aromatic rings. The Bertz CT molecular complexity index is 292. The molecule has 2 N–H and O–H groups in total. The normalized spacial score (nSPS) is 12.2. The second kappa shape index (κ2) is 3.88. The first-order valence-corrected chi connectivity index (χ1v) is 5.67. The molecule has 0 fully saturated rings. The summed E-state index contributed by atoms with van der Waals surface area (Å²) in [6, 6.07) is 6.89. The number of benzene rings is 1. The third kappa shape index (κ3) is 2.52. The summed E-state index contributed by atoms with van der Waals surface area (Å²) in [6.45, 7) is 5.21. The summed E-state index contributed by atoms with van der Waals surface area (Å²) in [6.07, 6.45) is 1.05. The fourth-order valence-corrected chi connectivity index (χ4v) is 1.92. The summed E-state index contributed by atoms with van der Waals surface area (Å²) in [5.41, 5.74) is 1.06. The van der Waals surface area contributed by atoms with Gasteiger partial charge in [-0.25, -0.2) is 0 Å². The predicted molar refractivity (Wildman–Crippen MR) is 54.8 cm³/mol. The van der Waals surface area contributed by atoms with Gasteiger partial charge in [-0.2, -0.15) is 0 Å². The van der Waals surface area contributed by atoms with Crippen molar-refractivity contribution in [2.75, 3.05) is 0 Å².